The van der Waals surface area contributed by atoms with Crippen LogP contribution >= 0.6 is 0 Å². The summed E-state index contributed by atoms with van der Waals surface area (Å²) in [6.07, 6.45) is 0. The van der Waals surface area contributed by atoms with Gasteiger partial charge in [0.25, 0.3) is 0 Å². The molecule has 23 heavy (non-hydrogen) atoms. The summed E-state index contributed by atoms with van der Waals surface area (Å²) in [6, 6.07) is 25.3. The van der Waals surface area contributed by atoms with Crippen LogP contribution in [0.3, 0.4) is 0 Å². The maximum atomic E-state index is 14.7. The zero-order chi connectivity index (χ0) is 16.3. The van der Waals surface area contributed by atoms with Gasteiger partial charge in [-0.3, -0.25) is 4.79 Å². The number of halogens is 1. The maximum Gasteiger partial charge on any atom is 0.149 e. The molecule has 0 saturated carbocycles. The molecule has 0 radical (unpaired) electrons. The van der Waals surface area contributed by atoms with E-state index in [2.05, 4.69) is 0 Å². The number of carbonyl (C=O) groups excluding carboxylic acids is 1. The van der Waals surface area contributed by atoms with E-state index in [9.17, 15) is 9.18 Å². The summed E-state index contributed by atoms with van der Waals surface area (Å²) >= 11 is 0. The molecule has 0 aliphatic heterocycles. The molecule has 0 fully saturated rings. The predicted octanol–water partition coefficient (Wildman–Crippen LogP) is 4.75. The van der Waals surface area contributed by atoms with Gasteiger partial charge in [0.05, 0.1) is 0 Å². The number of ketones is 1. The van der Waals surface area contributed by atoms with E-state index in [1.807, 2.05) is 60.7 Å². The zero-order valence-corrected chi connectivity index (χ0v) is 12.9. The molecule has 3 aromatic carbocycles. The van der Waals surface area contributed by atoms with Crippen LogP contribution in [0.5, 0.6) is 0 Å². The van der Waals surface area contributed by atoms with Crippen molar-refractivity contribution in [1.82, 2.24) is 0 Å². The summed E-state index contributed by atoms with van der Waals surface area (Å²) in [7, 11) is 0. The first-order valence-electron chi connectivity index (χ1n) is 7.54. The quantitative estimate of drug-likeness (QED) is 0.636. The molecule has 0 N–H and O–H groups in total. The van der Waals surface area contributed by atoms with E-state index in [4.69, 9.17) is 0 Å². The highest BCUT2D eigenvalue weighted by atomic mass is 19.1. The van der Waals surface area contributed by atoms with E-state index in [1.54, 1.807) is 18.2 Å². The van der Waals surface area contributed by atoms with Crippen LogP contribution in [-0.4, -0.2) is 5.78 Å². The third-order valence-corrected chi connectivity index (χ3v) is 4.22. The lowest BCUT2D eigenvalue weighted by Crippen LogP contribution is -2.37. The van der Waals surface area contributed by atoms with E-state index in [0.717, 1.165) is 11.1 Å². The molecule has 2 heteroatoms. The molecule has 3 aromatic rings. The Morgan fingerprint density at radius 1 is 0.739 bits per heavy atom. The second-order valence-electron chi connectivity index (χ2n) is 5.52. The minimum absolute atomic E-state index is 0.111. The highest BCUT2D eigenvalue weighted by Gasteiger charge is 2.42. The smallest absolute Gasteiger partial charge is 0.149 e. The van der Waals surface area contributed by atoms with Gasteiger partial charge in [-0.15, -0.1) is 0 Å². The minimum atomic E-state index is -1.14. The first-order valence-corrected chi connectivity index (χ1v) is 7.54. The second-order valence-corrected chi connectivity index (χ2v) is 5.52. The second kappa shape index (κ2) is 6.17. The molecule has 0 heterocycles. The van der Waals surface area contributed by atoms with Crippen LogP contribution < -0.4 is 0 Å². The van der Waals surface area contributed by atoms with Crippen molar-refractivity contribution in [3.63, 3.8) is 0 Å². The average Bonchev–Trinajstić information content (AvgIpc) is 2.59. The van der Waals surface area contributed by atoms with Gasteiger partial charge in [0, 0.05) is 5.56 Å². The fourth-order valence-electron chi connectivity index (χ4n) is 3.22. The van der Waals surface area contributed by atoms with Gasteiger partial charge in [0.2, 0.25) is 0 Å². The summed E-state index contributed by atoms with van der Waals surface area (Å²) in [4.78, 5) is 12.9. The Labute approximate surface area is 135 Å². The molecule has 0 aromatic heterocycles. The SMILES string of the molecule is CC(=O)C(c1ccccc1)(c1ccccc1)c1ccccc1F. The van der Waals surface area contributed by atoms with Crippen LogP contribution in [0.4, 0.5) is 4.39 Å². The van der Waals surface area contributed by atoms with E-state index in [1.165, 1.54) is 13.0 Å². The molecule has 3 rings (SSSR count). The lowest BCUT2D eigenvalue weighted by molar-refractivity contribution is -0.120. The normalized spacial score (nSPS) is 11.2. The van der Waals surface area contributed by atoms with Crippen molar-refractivity contribution >= 4 is 5.78 Å². The van der Waals surface area contributed by atoms with Crippen LogP contribution in [0.15, 0.2) is 84.9 Å². The van der Waals surface area contributed by atoms with Crippen molar-refractivity contribution in [2.75, 3.05) is 0 Å². The lowest BCUT2D eigenvalue weighted by atomic mass is 9.67. The van der Waals surface area contributed by atoms with Gasteiger partial charge >= 0.3 is 0 Å². The molecule has 0 atom stereocenters. The molecule has 0 spiro atoms. The summed E-state index contributed by atoms with van der Waals surface area (Å²) < 4.78 is 14.7. The maximum absolute atomic E-state index is 14.7. The van der Waals surface area contributed by atoms with Gasteiger partial charge in [-0.1, -0.05) is 78.9 Å². The number of carbonyl (C=O) groups is 1. The molecule has 1 nitrogen and oxygen atoms in total. The Bertz CT molecular complexity index is 770. The van der Waals surface area contributed by atoms with E-state index in [-0.39, 0.29) is 11.6 Å². The van der Waals surface area contributed by atoms with Crippen LogP contribution in [0, 0.1) is 5.82 Å². The number of hydrogen-bond donors (Lipinski definition) is 0. The Balaban J connectivity index is 2.42. The van der Waals surface area contributed by atoms with Crippen LogP contribution in [0.2, 0.25) is 0 Å². The molecule has 0 bridgehead atoms. The Morgan fingerprint density at radius 3 is 1.61 bits per heavy atom. The summed E-state index contributed by atoms with van der Waals surface area (Å²) in [5.41, 5.74) is 0.769. The van der Waals surface area contributed by atoms with E-state index < -0.39 is 5.41 Å². The molecule has 114 valence electrons. The molecule has 0 aliphatic rings. The molecular formula is C21H17FO. The molecule has 0 saturated heterocycles. The van der Waals surface area contributed by atoms with Crippen LogP contribution in [0.1, 0.15) is 23.6 Å². The number of hydrogen-bond acceptors (Lipinski definition) is 1. The third-order valence-electron chi connectivity index (χ3n) is 4.22. The van der Waals surface area contributed by atoms with Gasteiger partial charge in [0.15, 0.2) is 0 Å². The lowest BCUT2D eigenvalue weighted by Gasteiger charge is -2.33. The molecule has 0 unspecified atom stereocenters. The third kappa shape index (κ3) is 2.46. The summed E-state index contributed by atoms with van der Waals surface area (Å²) in [5, 5.41) is 0. The van der Waals surface area contributed by atoms with Gasteiger partial charge in [-0.05, 0) is 24.1 Å². The van der Waals surface area contributed by atoms with Crippen molar-refractivity contribution in [1.29, 1.82) is 0 Å². The fraction of sp³-hybridized carbons (Fsp3) is 0.0952. The van der Waals surface area contributed by atoms with E-state index in [0.29, 0.717) is 5.56 Å². The Hall–Kier alpha value is -2.74. The van der Waals surface area contributed by atoms with Crippen LogP contribution in [0.25, 0.3) is 0 Å². The Morgan fingerprint density at radius 2 is 1.17 bits per heavy atom. The van der Waals surface area contributed by atoms with Crippen molar-refractivity contribution in [2.45, 2.75) is 12.3 Å². The standard InChI is InChI=1S/C21H17FO/c1-16(23)21(17-10-4-2-5-11-17,18-12-6-3-7-13-18)19-14-8-9-15-20(19)22/h2-15H,1H3. The van der Waals surface area contributed by atoms with Gasteiger partial charge in [-0.2, -0.15) is 0 Å². The summed E-state index contributed by atoms with van der Waals surface area (Å²) in [6.45, 7) is 1.52. The van der Waals surface area contributed by atoms with E-state index >= 15 is 0 Å². The fourth-order valence-corrected chi connectivity index (χ4v) is 3.22. The topological polar surface area (TPSA) is 17.1 Å². The van der Waals surface area contributed by atoms with Crippen molar-refractivity contribution in [2.24, 2.45) is 0 Å². The van der Waals surface area contributed by atoms with Gasteiger partial charge < -0.3 is 0 Å². The zero-order valence-electron chi connectivity index (χ0n) is 12.9. The van der Waals surface area contributed by atoms with Crippen molar-refractivity contribution < 1.29 is 9.18 Å². The number of benzene rings is 3. The molecule has 0 aliphatic carbocycles. The van der Waals surface area contributed by atoms with Crippen molar-refractivity contribution in [3.8, 4) is 0 Å². The minimum Gasteiger partial charge on any atom is -0.298 e. The Kier molecular flexibility index (Phi) is 4.07. The number of Topliss-reactive ketones (excluding diaryl/α,β-unsaturated/α-hetero) is 1. The van der Waals surface area contributed by atoms with Crippen LogP contribution in [-0.2, 0) is 10.2 Å². The largest absolute Gasteiger partial charge is 0.298 e. The molecular weight excluding hydrogens is 287 g/mol. The summed E-state index contributed by atoms with van der Waals surface area (Å²) in [5.74, 6) is -0.490. The molecule has 0 amide bonds. The first-order chi connectivity index (χ1) is 11.2. The van der Waals surface area contributed by atoms with Gasteiger partial charge in [0.1, 0.15) is 17.0 Å². The number of rotatable bonds is 4. The highest BCUT2D eigenvalue weighted by Crippen LogP contribution is 2.41. The van der Waals surface area contributed by atoms with Gasteiger partial charge in [-0.25, -0.2) is 4.39 Å². The monoisotopic (exact) mass is 304 g/mol. The first kappa shape index (κ1) is 15.2. The predicted molar refractivity (Wildman–Crippen MR) is 89.8 cm³/mol. The average molecular weight is 304 g/mol. The van der Waals surface area contributed by atoms with Crippen molar-refractivity contribution in [3.05, 3.63) is 107 Å². The highest BCUT2D eigenvalue weighted by molar-refractivity contribution is 5.96.